The molecule has 0 aliphatic heterocycles. The Morgan fingerprint density at radius 2 is 1.64 bits per heavy atom. The number of benzene rings is 3. The van der Waals surface area contributed by atoms with Crippen molar-refractivity contribution in [2.24, 2.45) is 0 Å². The standard InChI is InChI=1S/C27H17F3N4OS/c28-27(29,30)18-10-6-7-16(13-18)15-36-26-34-33-25(35-26)22-14-20-19-11-4-5-12-21(19)31-24(20)23(32-22)17-8-2-1-3-9-17/h1-14,31H,15H2. The van der Waals surface area contributed by atoms with E-state index < -0.39 is 11.7 Å². The van der Waals surface area contributed by atoms with Crippen molar-refractivity contribution in [3.63, 3.8) is 0 Å². The Balaban J connectivity index is 1.36. The minimum atomic E-state index is -4.39. The molecule has 0 bridgehead atoms. The van der Waals surface area contributed by atoms with Gasteiger partial charge in [-0.15, -0.1) is 10.2 Å². The molecule has 0 saturated heterocycles. The highest BCUT2D eigenvalue weighted by molar-refractivity contribution is 7.98. The number of pyridine rings is 1. The molecule has 0 aliphatic carbocycles. The van der Waals surface area contributed by atoms with Crippen molar-refractivity contribution in [1.29, 1.82) is 0 Å². The van der Waals surface area contributed by atoms with Crippen LogP contribution in [0.15, 0.2) is 94.6 Å². The number of alkyl halides is 3. The number of para-hydroxylation sites is 1. The largest absolute Gasteiger partial charge is 0.416 e. The van der Waals surface area contributed by atoms with Crippen LogP contribution >= 0.6 is 11.8 Å². The molecule has 5 nitrogen and oxygen atoms in total. The fourth-order valence-corrected chi connectivity index (χ4v) is 4.82. The van der Waals surface area contributed by atoms with E-state index in [1.165, 1.54) is 17.8 Å². The monoisotopic (exact) mass is 502 g/mol. The number of hydrogen-bond donors (Lipinski definition) is 1. The molecule has 0 atom stereocenters. The van der Waals surface area contributed by atoms with Gasteiger partial charge in [0.2, 0.25) is 0 Å². The zero-order chi connectivity index (χ0) is 24.7. The topological polar surface area (TPSA) is 67.6 Å². The number of hydrogen-bond acceptors (Lipinski definition) is 5. The van der Waals surface area contributed by atoms with Gasteiger partial charge in [-0.1, -0.05) is 78.5 Å². The van der Waals surface area contributed by atoms with Gasteiger partial charge in [-0.3, -0.25) is 0 Å². The summed E-state index contributed by atoms with van der Waals surface area (Å²) in [5.74, 6) is 0.501. The maximum atomic E-state index is 13.0. The minimum absolute atomic E-state index is 0.242. The van der Waals surface area contributed by atoms with E-state index in [0.29, 0.717) is 11.3 Å². The molecule has 0 fully saturated rings. The summed E-state index contributed by atoms with van der Waals surface area (Å²) in [6, 6.07) is 24.9. The number of fused-ring (bicyclic) bond motifs is 3. The van der Waals surface area contributed by atoms with Crippen molar-refractivity contribution < 1.29 is 17.6 Å². The second-order valence-corrected chi connectivity index (χ2v) is 9.10. The van der Waals surface area contributed by atoms with Gasteiger partial charge in [-0.2, -0.15) is 13.2 Å². The van der Waals surface area contributed by atoms with Gasteiger partial charge in [0.1, 0.15) is 5.69 Å². The van der Waals surface area contributed by atoms with Crippen LogP contribution in [0.3, 0.4) is 0 Å². The van der Waals surface area contributed by atoms with E-state index in [2.05, 4.69) is 15.2 Å². The number of aromatic nitrogens is 4. The molecule has 3 aromatic carbocycles. The number of thioether (sulfide) groups is 1. The maximum Gasteiger partial charge on any atom is 0.416 e. The summed E-state index contributed by atoms with van der Waals surface area (Å²) in [6.07, 6.45) is -4.39. The van der Waals surface area contributed by atoms with E-state index >= 15 is 0 Å². The second-order valence-electron chi connectivity index (χ2n) is 8.18. The summed E-state index contributed by atoms with van der Waals surface area (Å²) in [6.45, 7) is 0. The fourth-order valence-electron chi connectivity index (χ4n) is 4.11. The van der Waals surface area contributed by atoms with E-state index in [0.717, 1.165) is 45.2 Å². The van der Waals surface area contributed by atoms with Gasteiger partial charge in [0.25, 0.3) is 11.1 Å². The molecule has 0 spiro atoms. The van der Waals surface area contributed by atoms with E-state index in [1.807, 2.05) is 60.7 Å². The molecule has 0 aliphatic rings. The molecule has 36 heavy (non-hydrogen) atoms. The molecule has 3 heterocycles. The molecule has 9 heteroatoms. The molecule has 3 aromatic heterocycles. The Bertz CT molecular complexity index is 1690. The average molecular weight is 503 g/mol. The van der Waals surface area contributed by atoms with Crippen LogP contribution < -0.4 is 0 Å². The number of halogens is 3. The molecule has 0 radical (unpaired) electrons. The summed E-state index contributed by atoms with van der Waals surface area (Å²) in [7, 11) is 0. The molecular formula is C27H17F3N4OS. The number of aromatic amines is 1. The van der Waals surface area contributed by atoms with Crippen molar-refractivity contribution >= 4 is 33.6 Å². The molecule has 1 N–H and O–H groups in total. The molecule has 6 rings (SSSR count). The van der Waals surface area contributed by atoms with Crippen LogP contribution in [0.5, 0.6) is 0 Å². The van der Waals surface area contributed by atoms with Crippen LogP contribution in [-0.2, 0) is 11.9 Å². The van der Waals surface area contributed by atoms with Crippen molar-refractivity contribution in [3.8, 4) is 22.8 Å². The van der Waals surface area contributed by atoms with Crippen molar-refractivity contribution in [3.05, 3.63) is 96.1 Å². The normalized spacial score (nSPS) is 12.0. The molecule has 6 aromatic rings. The van der Waals surface area contributed by atoms with Gasteiger partial charge >= 0.3 is 6.18 Å². The second kappa shape index (κ2) is 8.83. The maximum absolute atomic E-state index is 13.0. The number of rotatable bonds is 5. The summed E-state index contributed by atoms with van der Waals surface area (Å²) in [5.41, 5.74) is 3.95. The SMILES string of the molecule is FC(F)(F)c1cccc(CSc2nnc(-c3cc4c([nH]c5ccccc54)c(-c4ccccc4)n3)o2)c1. The van der Waals surface area contributed by atoms with Crippen LogP contribution in [0.2, 0.25) is 0 Å². The number of nitrogens with one attached hydrogen (secondary N) is 1. The van der Waals surface area contributed by atoms with Crippen LogP contribution in [0.25, 0.3) is 44.6 Å². The predicted octanol–water partition coefficient (Wildman–Crippen LogP) is 7.74. The van der Waals surface area contributed by atoms with E-state index in [4.69, 9.17) is 9.40 Å². The van der Waals surface area contributed by atoms with Crippen LogP contribution in [-0.4, -0.2) is 20.2 Å². The third-order valence-electron chi connectivity index (χ3n) is 5.79. The fraction of sp³-hybridized carbons (Fsp3) is 0.0741. The third kappa shape index (κ3) is 4.22. The Morgan fingerprint density at radius 1 is 0.833 bits per heavy atom. The van der Waals surface area contributed by atoms with E-state index in [-0.39, 0.29) is 16.9 Å². The Morgan fingerprint density at radius 3 is 2.47 bits per heavy atom. The van der Waals surface area contributed by atoms with Gasteiger partial charge in [0, 0.05) is 27.6 Å². The molecule has 0 unspecified atom stereocenters. The number of nitrogens with zero attached hydrogens (tertiary/aromatic N) is 3. The highest BCUT2D eigenvalue weighted by Gasteiger charge is 2.30. The lowest BCUT2D eigenvalue weighted by molar-refractivity contribution is -0.137. The Hall–Kier alpha value is -4.11. The van der Waals surface area contributed by atoms with Gasteiger partial charge in [0.05, 0.1) is 16.8 Å². The van der Waals surface area contributed by atoms with Crippen molar-refractivity contribution in [2.75, 3.05) is 0 Å². The first-order chi connectivity index (χ1) is 17.5. The zero-order valence-corrected chi connectivity index (χ0v) is 19.4. The van der Waals surface area contributed by atoms with Crippen LogP contribution in [0.1, 0.15) is 11.1 Å². The van der Waals surface area contributed by atoms with E-state index in [1.54, 1.807) is 6.07 Å². The van der Waals surface area contributed by atoms with Crippen molar-refractivity contribution in [1.82, 2.24) is 20.2 Å². The summed E-state index contributed by atoms with van der Waals surface area (Å²) in [4.78, 5) is 8.31. The Labute approximate surface area is 207 Å². The zero-order valence-electron chi connectivity index (χ0n) is 18.6. The first-order valence-corrected chi connectivity index (χ1v) is 12.0. The van der Waals surface area contributed by atoms with Crippen molar-refractivity contribution in [2.45, 2.75) is 17.2 Å². The minimum Gasteiger partial charge on any atom is -0.410 e. The summed E-state index contributed by atoms with van der Waals surface area (Å²) < 4.78 is 44.9. The third-order valence-corrected chi connectivity index (χ3v) is 6.68. The van der Waals surface area contributed by atoms with Gasteiger partial charge < -0.3 is 9.40 Å². The molecule has 0 saturated carbocycles. The summed E-state index contributed by atoms with van der Waals surface area (Å²) >= 11 is 1.18. The number of H-pyrrole nitrogens is 1. The van der Waals surface area contributed by atoms with Gasteiger partial charge in [0.15, 0.2) is 0 Å². The lowest BCUT2D eigenvalue weighted by Crippen LogP contribution is -2.04. The molecule has 0 amide bonds. The van der Waals surface area contributed by atoms with Crippen LogP contribution in [0.4, 0.5) is 13.2 Å². The lowest BCUT2D eigenvalue weighted by atomic mass is 10.1. The lowest BCUT2D eigenvalue weighted by Gasteiger charge is -2.07. The Kier molecular flexibility index (Phi) is 5.49. The smallest absolute Gasteiger partial charge is 0.410 e. The predicted molar refractivity (Wildman–Crippen MR) is 133 cm³/mol. The van der Waals surface area contributed by atoms with Gasteiger partial charge in [-0.05, 0) is 23.8 Å². The highest BCUT2D eigenvalue weighted by Crippen LogP contribution is 2.36. The average Bonchev–Trinajstić information content (AvgIpc) is 3.52. The first kappa shape index (κ1) is 22.4. The van der Waals surface area contributed by atoms with Gasteiger partial charge in [-0.25, -0.2) is 4.98 Å². The quantitative estimate of drug-likeness (QED) is 0.244. The highest BCUT2D eigenvalue weighted by atomic mass is 32.2. The molecule has 178 valence electrons. The summed E-state index contributed by atoms with van der Waals surface area (Å²) in [5, 5.41) is 10.5. The first-order valence-electron chi connectivity index (χ1n) is 11.1. The molecular weight excluding hydrogens is 485 g/mol. The van der Waals surface area contributed by atoms with E-state index in [9.17, 15) is 13.2 Å². The van der Waals surface area contributed by atoms with Crippen LogP contribution in [0, 0.1) is 0 Å².